The van der Waals surface area contributed by atoms with Crippen LogP contribution in [0, 0.1) is 51.8 Å². The lowest BCUT2D eigenvalue weighted by atomic mass is 9.42. The first-order valence-corrected chi connectivity index (χ1v) is 21.6. The monoisotopic (exact) mass is 780 g/mol. The van der Waals surface area contributed by atoms with E-state index in [-0.39, 0.29) is 42.2 Å². The van der Waals surface area contributed by atoms with Crippen LogP contribution in [0.3, 0.4) is 0 Å². The zero-order chi connectivity index (χ0) is 39.6. The smallest absolute Gasteiger partial charge is 0.311 e. The highest BCUT2D eigenvalue weighted by molar-refractivity contribution is 5.89. The first kappa shape index (κ1) is 39.5. The highest BCUT2D eigenvalue weighted by Gasteiger charge is 2.72. The number of fused-ring (bicyclic) bond motifs is 8. The Balaban J connectivity index is 0.904. The Hall–Kier alpha value is -1.96. The van der Waals surface area contributed by atoms with Gasteiger partial charge in [0.1, 0.15) is 23.9 Å². The number of ketones is 1. The van der Waals surface area contributed by atoms with Gasteiger partial charge < -0.3 is 43.4 Å². The van der Waals surface area contributed by atoms with E-state index in [0.717, 1.165) is 44.3 Å². The number of aliphatic hydroxyl groups excluding tert-OH is 1. The highest BCUT2D eigenvalue weighted by atomic mass is 16.8. The average molecular weight is 781 g/mol. The van der Waals surface area contributed by atoms with E-state index in [1.165, 1.54) is 0 Å². The lowest BCUT2D eigenvalue weighted by Gasteiger charge is -2.63. The Bertz CT molecular complexity index is 1650. The van der Waals surface area contributed by atoms with Crippen LogP contribution in [0.25, 0.3) is 0 Å². The molecule has 0 amide bonds. The first-order chi connectivity index (χ1) is 26.5. The molecule has 8 aliphatic rings. The molecule has 0 bridgehead atoms. The number of ether oxygens (including phenoxy) is 7. The van der Waals surface area contributed by atoms with Gasteiger partial charge in [0.2, 0.25) is 0 Å². The van der Waals surface area contributed by atoms with E-state index in [1.54, 1.807) is 20.8 Å². The van der Waals surface area contributed by atoms with E-state index in [1.807, 2.05) is 30.3 Å². The maximum absolute atomic E-state index is 14.5. The predicted octanol–water partition coefficient (Wildman–Crippen LogP) is 6.27. The Morgan fingerprint density at radius 1 is 0.946 bits per heavy atom. The van der Waals surface area contributed by atoms with Crippen molar-refractivity contribution in [3.8, 4) is 0 Å². The third-order valence-electron chi connectivity index (χ3n) is 16.4. The van der Waals surface area contributed by atoms with Crippen molar-refractivity contribution >= 4 is 11.8 Å². The van der Waals surface area contributed by atoms with E-state index in [9.17, 15) is 19.8 Å². The van der Waals surface area contributed by atoms with Crippen molar-refractivity contribution in [3.05, 3.63) is 35.9 Å². The Morgan fingerprint density at radius 3 is 2.43 bits per heavy atom. The number of Topliss-reactive ketones (excluding diaryl/α,β-unsaturated/α-hetero) is 1. The molecule has 310 valence electrons. The van der Waals surface area contributed by atoms with Crippen molar-refractivity contribution in [2.45, 2.75) is 167 Å². The van der Waals surface area contributed by atoms with Crippen molar-refractivity contribution in [1.29, 1.82) is 0 Å². The van der Waals surface area contributed by atoms with Gasteiger partial charge in [-0.25, -0.2) is 0 Å². The maximum Gasteiger partial charge on any atom is 0.311 e. The Morgan fingerprint density at radius 2 is 1.71 bits per heavy atom. The summed E-state index contributed by atoms with van der Waals surface area (Å²) in [5, 5.41) is 24.4. The number of carbonyl (C=O) groups excluding carboxylic acids is 2. The van der Waals surface area contributed by atoms with Crippen LogP contribution in [0.15, 0.2) is 30.3 Å². The molecule has 11 heteroatoms. The molecule has 9 rings (SSSR count). The minimum absolute atomic E-state index is 0.0561. The summed E-state index contributed by atoms with van der Waals surface area (Å²) >= 11 is 0. The van der Waals surface area contributed by atoms with E-state index in [0.29, 0.717) is 42.9 Å². The van der Waals surface area contributed by atoms with Gasteiger partial charge in [0.25, 0.3) is 0 Å². The predicted molar refractivity (Wildman–Crippen MR) is 202 cm³/mol. The van der Waals surface area contributed by atoms with Gasteiger partial charge in [-0.3, -0.25) is 9.59 Å². The highest BCUT2D eigenvalue weighted by Crippen LogP contribution is 2.71. The number of rotatable bonds is 4. The van der Waals surface area contributed by atoms with E-state index < -0.39 is 71.3 Å². The topological polar surface area (TPSA) is 139 Å². The summed E-state index contributed by atoms with van der Waals surface area (Å²) in [6.45, 7) is 15.4. The van der Waals surface area contributed by atoms with Crippen molar-refractivity contribution in [3.63, 3.8) is 0 Å². The fourth-order valence-corrected chi connectivity index (χ4v) is 13.2. The van der Waals surface area contributed by atoms with E-state index in [4.69, 9.17) is 33.2 Å². The summed E-state index contributed by atoms with van der Waals surface area (Å²) < 4.78 is 44.7. The van der Waals surface area contributed by atoms with Gasteiger partial charge in [-0.05, 0) is 94.3 Å². The molecule has 0 unspecified atom stereocenters. The standard InChI is InChI=1S/C45H64O11/c1-24-13-18-45(51-22-24)25(2)34-31(56-45)20-30-28-19-33(46)44(49)21-27(14-17-43(44,7)29(28)15-16-42(30,34)6)52-39-35(47)37(55-40(48)41(3,4)5)36-32(53-39)23-50-38(54-36)26-11-9-8-10-12-26/h8-12,24-25,27-32,34-39,47,49H,13-23H2,1-7H3/t24-,25+,27+,28-,29+,30+,31+,32-,34+,35-,36-,37-,38-,39-,42+,43-,44+,45-/m1/s1. The number of benzene rings is 1. The Labute approximate surface area is 331 Å². The normalized spacial score (nSPS) is 51.3. The van der Waals surface area contributed by atoms with Crippen LogP contribution >= 0.6 is 0 Å². The van der Waals surface area contributed by atoms with Gasteiger partial charge in [-0.1, -0.05) is 58.0 Å². The van der Waals surface area contributed by atoms with Crippen LogP contribution in [-0.2, 0) is 42.7 Å². The molecule has 18 atom stereocenters. The minimum atomic E-state index is -1.57. The molecule has 2 N–H and O–H groups in total. The molecule has 1 aromatic rings. The van der Waals surface area contributed by atoms with Gasteiger partial charge in [-0.15, -0.1) is 0 Å². The summed E-state index contributed by atoms with van der Waals surface area (Å²) in [5.41, 5.74) is -2.15. The van der Waals surface area contributed by atoms with Crippen LogP contribution in [-0.4, -0.2) is 89.5 Å². The van der Waals surface area contributed by atoms with E-state index >= 15 is 0 Å². The molecule has 4 aliphatic heterocycles. The maximum atomic E-state index is 14.5. The van der Waals surface area contributed by atoms with Crippen molar-refractivity contribution in [2.75, 3.05) is 13.2 Å². The molecule has 0 aromatic heterocycles. The lowest BCUT2D eigenvalue weighted by Crippen LogP contribution is -2.68. The summed E-state index contributed by atoms with van der Waals surface area (Å²) in [7, 11) is 0. The van der Waals surface area contributed by atoms with Crippen molar-refractivity contribution < 1.29 is 53.0 Å². The molecular weight excluding hydrogens is 716 g/mol. The van der Waals surface area contributed by atoms with Crippen LogP contribution in [0.1, 0.15) is 118 Å². The van der Waals surface area contributed by atoms with Crippen LogP contribution in [0.5, 0.6) is 0 Å². The number of hydrogen-bond donors (Lipinski definition) is 2. The van der Waals surface area contributed by atoms with E-state index in [2.05, 4.69) is 27.7 Å². The molecule has 11 nitrogen and oxygen atoms in total. The minimum Gasteiger partial charge on any atom is -0.456 e. The summed E-state index contributed by atoms with van der Waals surface area (Å²) in [5.74, 6) is 0.931. The number of esters is 1. The van der Waals surface area contributed by atoms with Crippen molar-refractivity contribution in [2.24, 2.45) is 51.8 Å². The molecule has 1 spiro atoms. The van der Waals surface area contributed by atoms with Crippen LogP contribution in [0.2, 0.25) is 0 Å². The van der Waals surface area contributed by atoms with Crippen LogP contribution < -0.4 is 0 Å². The molecule has 1 aromatic carbocycles. The molecule has 4 aliphatic carbocycles. The lowest BCUT2D eigenvalue weighted by molar-refractivity contribution is -0.370. The quantitative estimate of drug-likeness (QED) is 0.264. The van der Waals surface area contributed by atoms with Gasteiger partial charge in [0.05, 0.1) is 30.8 Å². The Kier molecular flexibility index (Phi) is 9.73. The zero-order valence-corrected chi connectivity index (χ0v) is 34.3. The molecule has 56 heavy (non-hydrogen) atoms. The summed E-state index contributed by atoms with van der Waals surface area (Å²) in [4.78, 5) is 27.7. The molecule has 8 fully saturated rings. The largest absolute Gasteiger partial charge is 0.456 e. The fraction of sp³-hybridized carbons (Fsp3) is 0.822. The number of aliphatic hydroxyl groups is 2. The molecule has 4 saturated carbocycles. The SMILES string of the molecule is C[C@@H]1CC[C@@]2(OC1)O[C@H]1C[C@H]3[C@@H]4CC(=O)[C@@]5(O)C[C@@H](O[C@@H]6O[C@@H]7CO[C@@H](c8ccccc8)O[C@H]7[C@H](OC(=O)C(C)(C)C)[C@H]6O)CC[C@]5(C)[C@H]4CC[C@]3(C)[C@H]1[C@@H]2C. The average Bonchev–Trinajstić information content (AvgIpc) is 3.61. The van der Waals surface area contributed by atoms with Gasteiger partial charge in [0, 0.05) is 36.2 Å². The molecule has 4 heterocycles. The van der Waals surface area contributed by atoms with Gasteiger partial charge in [-0.2, -0.15) is 0 Å². The molecule has 0 radical (unpaired) electrons. The second kappa shape index (κ2) is 13.8. The van der Waals surface area contributed by atoms with Gasteiger partial charge in [0.15, 0.2) is 30.3 Å². The fourth-order valence-electron chi connectivity index (χ4n) is 13.2. The van der Waals surface area contributed by atoms with Crippen molar-refractivity contribution in [1.82, 2.24) is 0 Å². The molecule has 4 saturated heterocycles. The van der Waals surface area contributed by atoms with Crippen LogP contribution in [0.4, 0.5) is 0 Å². The summed E-state index contributed by atoms with van der Waals surface area (Å²) in [6, 6.07) is 9.48. The second-order valence-corrected chi connectivity index (χ2v) is 20.6. The third-order valence-corrected chi connectivity index (χ3v) is 16.4. The van der Waals surface area contributed by atoms with Gasteiger partial charge >= 0.3 is 5.97 Å². The molecular formula is C45H64O11. The second-order valence-electron chi connectivity index (χ2n) is 20.6. The number of hydrogen-bond acceptors (Lipinski definition) is 11. The summed E-state index contributed by atoms with van der Waals surface area (Å²) in [6.07, 6.45) is 0.412. The number of carbonyl (C=O) groups is 2. The zero-order valence-electron chi connectivity index (χ0n) is 34.3. The first-order valence-electron chi connectivity index (χ1n) is 21.6. The third kappa shape index (κ3) is 6.02.